The summed E-state index contributed by atoms with van der Waals surface area (Å²) >= 11 is 0. The molecule has 0 aliphatic rings. The molecule has 0 saturated carbocycles. The molecule has 3 heterocycles. The van der Waals surface area contributed by atoms with Crippen LogP contribution in [0.2, 0.25) is 0 Å². The second-order valence-electron chi connectivity index (χ2n) is 5.28. The van der Waals surface area contributed by atoms with Gasteiger partial charge in [0.25, 0.3) is 5.91 Å². The highest BCUT2D eigenvalue weighted by Gasteiger charge is 2.20. The molecule has 8 nitrogen and oxygen atoms in total. The molecule has 2 N–H and O–H groups in total. The van der Waals surface area contributed by atoms with Gasteiger partial charge in [0, 0.05) is 5.39 Å². The van der Waals surface area contributed by atoms with E-state index in [1.165, 1.54) is 12.5 Å². The van der Waals surface area contributed by atoms with Crippen LogP contribution in [0, 0.1) is 0 Å². The number of furan rings is 1. The first-order chi connectivity index (χ1) is 11.7. The van der Waals surface area contributed by atoms with Gasteiger partial charge >= 0.3 is 0 Å². The molecule has 4 aromatic rings. The largest absolute Gasteiger partial charge is 0.472 e. The molecule has 1 amide bonds. The number of nitrogens with one attached hydrogen (secondary N) is 2. The summed E-state index contributed by atoms with van der Waals surface area (Å²) in [5.74, 6) is 0.391. The van der Waals surface area contributed by atoms with E-state index < -0.39 is 6.04 Å². The van der Waals surface area contributed by atoms with Crippen molar-refractivity contribution in [1.82, 2.24) is 25.7 Å². The summed E-state index contributed by atoms with van der Waals surface area (Å²) in [6.07, 6.45) is 2.81. The zero-order valence-electron chi connectivity index (χ0n) is 12.7. The summed E-state index contributed by atoms with van der Waals surface area (Å²) in [7, 11) is 0. The molecule has 0 aliphatic carbocycles. The number of carbonyl (C=O) groups is 1. The highest BCUT2D eigenvalue weighted by molar-refractivity contribution is 5.94. The lowest BCUT2D eigenvalue weighted by Gasteiger charge is -2.07. The van der Waals surface area contributed by atoms with E-state index in [2.05, 4.69) is 25.7 Å². The third-order valence-corrected chi connectivity index (χ3v) is 3.63. The minimum atomic E-state index is -0.446. The maximum atomic E-state index is 12.0. The zero-order valence-corrected chi connectivity index (χ0v) is 12.7. The second-order valence-corrected chi connectivity index (χ2v) is 5.28. The van der Waals surface area contributed by atoms with Crippen LogP contribution in [0.1, 0.15) is 29.2 Å². The van der Waals surface area contributed by atoms with Crippen LogP contribution in [0.4, 0.5) is 0 Å². The molecule has 1 aromatic carbocycles. The van der Waals surface area contributed by atoms with Crippen LogP contribution >= 0.6 is 0 Å². The van der Waals surface area contributed by atoms with Gasteiger partial charge in [0.2, 0.25) is 11.7 Å². The van der Waals surface area contributed by atoms with Gasteiger partial charge in [-0.15, -0.1) is 0 Å². The van der Waals surface area contributed by atoms with Crippen LogP contribution in [-0.2, 0) is 0 Å². The van der Waals surface area contributed by atoms with Crippen LogP contribution in [0.15, 0.2) is 51.8 Å². The molecule has 1 atom stereocenters. The molecular formula is C16H13N5O3. The van der Waals surface area contributed by atoms with Gasteiger partial charge in [-0.2, -0.15) is 10.1 Å². The molecule has 3 aromatic heterocycles. The zero-order chi connectivity index (χ0) is 16.5. The number of aromatic nitrogens is 4. The van der Waals surface area contributed by atoms with E-state index in [0.29, 0.717) is 23.0 Å². The average Bonchev–Trinajstić information content (AvgIpc) is 3.33. The topological polar surface area (TPSA) is 110 Å². The molecule has 24 heavy (non-hydrogen) atoms. The smallest absolute Gasteiger partial charge is 0.255 e. The number of hydrogen-bond donors (Lipinski definition) is 2. The van der Waals surface area contributed by atoms with Gasteiger partial charge in [-0.1, -0.05) is 23.4 Å². The Hall–Kier alpha value is -3.42. The third-order valence-electron chi connectivity index (χ3n) is 3.63. The number of rotatable bonds is 4. The van der Waals surface area contributed by atoms with Gasteiger partial charge in [-0.05, 0) is 19.1 Å². The number of fused-ring (bicyclic) bond motifs is 1. The fourth-order valence-corrected chi connectivity index (χ4v) is 2.38. The first-order valence-electron chi connectivity index (χ1n) is 7.32. The predicted molar refractivity (Wildman–Crippen MR) is 84.0 cm³/mol. The normalized spacial score (nSPS) is 12.4. The SMILES string of the molecule is C[C@@H](NC(=O)c1ccoc1)c1nc(-c2n[nH]c3ccccc23)no1. The third kappa shape index (κ3) is 2.43. The van der Waals surface area contributed by atoms with Gasteiger partial charge in [-0.3, -0.25) is 9.89 Å². The maximum Gasteiger partial charge on any atom is 0.255 e. The number of benzene rings is 1. The molecule has 0 saturated heterocycles. The Bertz CT molecular complexity index is 986. The Kier molecular flexibility index (Phi) is 3.34. The van der Waals surface area contributed by atoms with Crippen molar-refractivity contribution in [3.63, 3.8) is 0 Å². The first-order valence-corrected chi connectivity index (χ1v) is 7.32. The van der Waals surface area contributed by atoms with Crippen molar-refractivity contribution >= 4 is 16.8 Å². The summed E-state index contributed by atoms with van der Waals surface area (Å²) in [5.41, 5.74) is 1.93. The lowest BCUT2D eigenvalue weighted by atomic mass is 10.2. The molecule has 0 fully saturated rings. The highest BCUT2D eigenvalue weighted by atomic mass is 16.5. The molecule has 120 valence electrons. The summed E-state index contributed by atoms with van der Waals surface area (Å²) in [4.78, 5) is 16.4. The van der Waals surface area contributed by atoms with Crippen LogP contribution in [0.3, 0.4) is 0 Å². The van der Waals surface area contributed by atoms with Crippen molar-refractivity contribution in [2.24, 2.45) is 0 Å². The van der Waals surface area contributed by atoms with Gasteiger partial charge in [0.15, 0.2) is 0 Å². The average molecular weight is 323 g/mol. The number of H-pyrrole nitrogens is 1. The summed E-state index contributed by atoms with van der Waals surface area (Å²) in [5, 5.41) is 14.8. The molecular weight excluding hydrogens is 310 g/mol. The van der Waals surface area contributed by atoms with Gasteiger partial charge in [0.1, 0.15) is 18.0 Å². The lowest BCUT2D eigenvalue weighted by Crippen LogP contribution is -2.26. The Morgan fingerprint density at radius 2 is 2.17 bits per heavy atom. The molecule has 0 aliphatic heterocycles. The second kappa shape index (κ2) is 5.65. The molecule has 8 heteroatoms. The number of para-hydroxylation sites is 1. The van der Waals surface area contributed by atoms with Crippen LogP contribution in [-0.4, -0.2) is 26.2 Å². The van der Waals surface area contributed by atoms with Crippen LogP contribution in [0.5, 0.6) is 0 Å². The fraction of sp³-hybridized carbons (Fsp3) is 0.125. The number of amides is 1. The van der Waals surface area contributed by atoms with E-state index in [9.17, 15) is 4.79 Å². The van der Waals surface area contributed by atoms with Crippen molar-refractivity contribution in [3.05, 3.63) is 54.3 Å². The quantitative estimate of drug-likeness (QED) is 0.597. The summed E-state index contributed by atoms with van der Waals surface area (Å²) in [6, 6.07) is 8.81. The van der Waals surface area contributed by atoms with E-state index in [1.807, 2.05) is 24.3 Å². The molecule has 0 bridgehead atoms. The minimum Gasteiger partial charge on any atom is -0.472 e. The summed E-state index contributed by atoms with van der Waals surface area (Å²) in [6.45, 7) is 1.76. The summed E-state index contributed by atoms with van der Waals surface area (Å²) < 4.78 is 10.2. The molecule has 4 rings (SSSR count). The number of aromatic amines is 1. The Balaban J connectivity index is 1.57. The number of hydrogen-bond acceptors (Lipinski definition) is 6. The van der Waals surface area contributed by atoms with Crippen molar-refractivity contribution in [2.75, 3.05) is 0 Å². The van der Waals surface area contributed by atoms with E-state index in [4.69, 9.17) is 8.94 Å². The van der Waals surface area contributed by atoms with Crippen molar-refractivity contribution in [2.45, 2.75) is 13.0 Å². The van der Waals surface area contributed by atoms with E-state index in [-0.39, 0.29) is 5.91 Å². The maximum absolute atomic E-state index is 12.0. The molecule has 0 spiro atoms. The Labute approximate surface area is 135 Å². The van der Waals surface area contributed by atoms with E-state index in [1.54, 1.807) is 13.0 Å². The highest BCUT2D eigenvalue weighted by Crippen LogP contribution is 2.24. The van der Waals surface area contributed by atoms with Crippen LogP contribution in [0.25, 0.3) is 22.4 Å². The number of carbonyl (C=O) groups excluding carboxylic acids is 1. The standard InChI is InChI=1S/C16H13N5O3/c1-9(17-15(22)10-6-7-23-8-10)16-18-14(21-24-16)13-11-4-2-3-5-12(11)19-20-13/h2-9H,1H3,(H,17,22)(H,19,20)/t9-/m1/s1. The van der Waals surface area contributed by atoms with Gasteiger partial charge in [0.05, 0.1) is 17.3 Å². The van der Waals surface area contributed by atoms with E-state index in [0.717, 1.165) is 10.9 Å². The van der Waals surface area contributed by atoms with Gasteiger partial charge in [-0.25, -0.2) is 0 Å². The predicted octanol–water partition coefficient (Wildman–Crippen LogP) is 2.70. The molecule has 0 unspecified atom stereocenters. The lowest BCUT2D eigenvalue weighted by molar-refractivity contribution is 0.0932. The van der Waals surface area contributed by atoms with Crippen molar-refractivity contribution < 1.29 is 13.7 Å². The monoisotopic (exact) mass is 323 g/mol. The molecule has 0 radical (unpaired) electrons. The first kappa shape index (κ1) is 14.2. The van der Waals surface area contributed by atoms with E-state index >= 15 is 0 Å². The van der Waals surface area contributed by atoms with Crippen molar-refractivity contribution in [3.8, 4) is 11.5 Å². The van der Waals surface area contributed by atoms with Gasteiger partial charge < -0.3 is 14.3 Å². The fourth-order valence-electron chi connectivity index (χ4n) is 2.38. The number of nitrogens with zero attached hydrogens (tertiary/aromatic N) is 3. The van der Waals surface area contributed by atoms with Crippen LogP contribution < -0.4 is 5.32 Å². The van der Waals surface area contributed by atoms with Crippen molar-refractivity contribution in [1.29, 1.82) is 0 Å². The Morgan fingerprint density at radius 3 is 3.00 bits per heavy atom. The minimum absolute atomic E-state index is 0.277. The Morgan fingerprint density at radius 1 is 1.29 bits per heavy atom.